The smallest absolute Gasteiger partial charge is 0.308 e. The van der Waals surface area contributed by atoms with Crippen LogP contribution in [0.1, 0.15) is 32.1 Å². The fourth-order valence-electron chi connectivity index (χ4n) is 2.88. The van der Waals surface area contributed by atoms with Gasteiger partial charge in [0.1, 0.15) is 0 Å². The van der Waals surface area contributed by atoms with Crippen molar-refractivity contribution in [2.24, 2.45) is 11.8 Å². The van der Waals surface area contributed by atoms with Crippen molar-refractivity contribution in [3.8, 4) is 0 Å². The van der Waals surface area contributed by atoms with Crippen LogP contribution in [0, 0.1) is 11.8 Å². The van der Waals surface area contributed by atoms with Crippen LogP contribution in [0.2, 0.25) is 0 Å². The number of hydrogen-bond acceptors (Lipinski definition) is 3. The zero-order chi connectivity index (χ0) is 9.97. The van der Waals surface area contributed by atoms with Gasteiger partial charge in [-0.3, -0.25) is 4.79 Å². The van der Waals surface area contributed by atoms with E-state index in [0.29, 0.717) is 12.0 Å². The third-order valence-electron chi connectivity index (χ3n) is 3.68. The highest BCUT2D eigenvalue weighted by atomic mass is 16.5. The van der Waals surface area contributed by atoms with Crippen LogP contribution >= 0.6 is 0 Å². The summed E-state index contributed by atoms with van der Waals surface area (Å²) in [5.74, 6) is 0.872. The molecule has 1 saturated carbocycles. The molecule has 0 aromatic rings. The lowest BCUT2D eigenvalue weighted by Gasteiger charge is -2.38. The van der Waals surface area contributed by atoms with Crippen molar-refractivity contribution in [1.29, 1.82) is 0 Å². The average Bonchev–Trinajstić information content (AvgIpc) is 2.27. The Morgan fingerprint density at radius 1 is 1.36 bits per heavy atom. The van der Waals surface area contributed by atoms with E-state index in [-0.39, 0.29) is 11.9 Å². The lowest BCUT2D eigenvalue weighted by Crippen LogP contribution is -2.45. The molecule has 1 saturated heterocycles. The molecule has 14 heavy (non-hydrogen) atoms. The summed E-state index contributed by atoms with van der Waals surface area (Å²) in [6, 6.07) is 0.671. The van der Waals surface area contributed by atoms with Crippen LogP contribution in [-0.2, 0) is 9.53 Å². The van der Waals surface area contributed by atoms with E-state index in [4.69, 9.17) is 4.74 Å². The van der Waals surface area contributed by atoms with Gasteiger partial charge < -0.3 is 10.1 Å². The van der Waals surface area contributed by atoms with Gasteiger partial charge in [-0.15, -0.1) is 0 Å². The molecule has 1 heterocycles. The topological polar surface area (TPSA) is 38.3 Å². The number of methoxy groups -OCH3 is 1. The van der Waals surface area contributed by atoms with Crippen LogP contribution in [0.25, 0.3) is 0 Å². The highest BCUT2D eigenvalue weighted by Gasteiger charge is 2.35. The molecule has 0 radical (unpaired) electrons. The van der Waals surface area contributed by atoms with Gasteiger partial charge in [0, 0.05) is 6.04 Å². The second kappa shape index (κ2) is 4.30. The Hall–Kier alpha value is -0.570. The van der Waals surface area contributed by atoms with E-state index in [2.05, 4.69) is 5.32 Å². The van der Waals surface area contributed by atoms with Gasteiger partial charge in [0.2, 0.25) is 0 Å². The quantitative estimate of drug-likeness (QED) is 0.644. The summed E-state index contributed by atoms with van der Waals surface area (Å²) in [5.41, 5.74) is 0. The first-order valence-electron chi connectivity index (χ1n) is 5.62. The molecular formula is C11H19NO2. The maximum atomic E-state index is 11.4. The predicted octanol–water partition coefficient (Wildman–Crippen LogP) is 1.33. The van der Waals surface area contributed by atoms with Crippen molar-refractivity contribution in [2.75, 3.05) is 13.7 Å². The van der Waals surface area contributed by atoms with Crippen LogP contribution in [0.4, 0.5) is 0 Å². The predicted molar refractivity (Wildman–Crippen MR) is 53.9 cm³/mol. The van der Waals surface area contributed by atoms with Crippen molar-refractivity contribution in [3.05, 3.63) is 0 Å². The number of carbonyl (C=O) groups excluding carboxylic acids is 1. The maximum Gasteiger partial charge on any atom is 0.308 e. The Balaban J connectivity index is 1.92. The van der Waals surface area contributed by atoms with E-state index in [1.165, 1.54) is 20.0 Å². The molecule has 2 fully saturated rings. The van der Waals surface area contributed by atoms with Crippen LogP contribution in [0.5, 0.6) is 0 Å². The third-order valence-corrected chi connectivity index (χ3v) is 3.68. The van der Waals surface area contributed by atoms with Gasteiger partial charge in [-0.25, -0.2) is 0 Å². The first-order chi connectivity index (χ1) is 6.81. The zero-order valence-electron chi connectivity index (χ0n) is 8.79. The van der Waals surface area contributed by atoms with Crippen molar-refractivity contribution in [1.82, 2.24) is 5.32 Å². The number of fused-ring (bicyclic) bond motifs is 1. The minimum absolute atomic E-state index is 0.00553. The van der Waals surface area contributed by atoms with Crippen molar-refractivity contribution < 1.29 is 9.53 Å². The number of piperidine rings is 1. The Morgan fingerprint density at radius 2 is 2.21 bits per heavy atom. The Kier molecular flexibility index (Phi) is 3.06. The van der Waals surface area contributed by atoms with Crippen LogP contribution in [0.3, 0.4) is 0 Å². The van der Waals surface area contributed by atoms with E-state index in [9.17, 15) is 4.79 Å². The molecule has 0 bridgehead atoms. The first kappa shape index (κ1) is 9.97. The molecule has 3 heteroatoms. The second-order valence-electron chi connectivity index (χ2n) is 4.50. The fourth-order valence-corrected chi connectivity index (χ4v) is 2.88. The molecule has 0 aromatic heterocycles. The largest absolute Gasteiger partial charge is 0.469 e. The molecule has 1 aliphatic heterocycles. The summed E-state index contributed by atoms with van der Waals surface area (Å²) in [6.07, 6.45) is 5.72. The van der Waals surface area contributed by atoms with E-state index < -0.39 is 0 Å². The van der Waals surface area contributed by atoms with Crippen LogP contribution in [0.15, 0.2) is 0 Å². The molecule has 0 aromatic carbocycles. The molecule has 1 aliphatic carbocycles. The molecule has 1 N–H and O–H groups in total. The molecular weight excluding hydrogens is 178 g/mol. The van der Waals surface area contributed by atoms with Gasteiger partial charge in [0.05, 0.1) is 13.0 Å². The van der Waals surface area contributed by atoms with Gasteiger partial charge in [0.15, 0.2) is 0 Å². The van der Waals surface area contributed by atoms with E-state index >= 15 is 0 Å². The number of carbonyl (C=O) groups is 1. The minimum atomic E-state index is -0.00553. The zero-order valence-corrected chi connectivity index (χ0v) is 8.79. The molecule has 2 rings (SSSR count). The minimum Gasteiger partial charge on any atom is -0.469 e. The Labute approximate surface area is 85.2 Å². The highest BCUT2D eigenvalue weighted by molar-refractivity contribution is 5.72. The molecule has 3 unspecified atom stereocenters. The standard InChI is InChI=1S/C11H19NO2/c1-14-11(13)9-4-5-10-8(7-9)3-2-6-12-10/h8-10,12H,2-7H2,1H3. The van der Waals surface area contributed by atoms with Gasteiger partial charge in [0.25, 0.3) is 0 Å². The Bertz CT molecular complexity index is 217. The molecule has 0 spiro atoms. The molecule has 3 nitrogen and oxygen atoms in total. The second-order valence-corrected chi connectivity index (χ2v) is 4.50. The number of esters is 1. The summed E-state index contributed by atoms with van der Waals surface area (Å²) in [4.78, 5) is 11.4. The molecule has 0 amide bonds. The van der Waals surface area contributed by atoms with Crippen molar-refractivity contribution in [2.45, 2.75) is 38.1 Å². The van der Waals surface area contributed by atoms with Crippen molar-refractivity contribution >= 4 is 5.97 Å². The summed E-state index contributed by atoms with van der Waals surface area (Å²) in [7, 11) is 1.49. The fraction of sp³-hybridized carbons (Fsp3) is 0.909. The van der Waals surface area contributed by atoms with E-state index in [1.54, 1.807) is 0 Å². The van der Waals surface area contributed by atoms with Crippen LogP contribution < -0.4 is 5.32 Å². The molecule has 2 aliphatic rings. The maximum absolute atomic E-state index is 11.4. The first-order valence-corrected chi connectivity index (χ1v) is 5.62. The number of rotatable bonds is 1. The highest BCUT2D eigenvalue weighted by Crippen LogP contribution is 2.34. The summed E-state index contributed by atoms with van der Waals surface area (Å²) >= 11 is 0. The number of nitrogens with one attached hydrogen (secondary N) is 1. The SMILES string of the molecule is COC(=O)C1CCC2NCCCC2C1. The van der Waals surface area contributed by atoms with Crippen LogP contribution in [-0.4, -0.2) is 25.7 Å². The van der Waals surface area contributed by atoms with Gasteiger partial charge in [-0.1, -0.05) is 0 Å². The van der Waals surface area contributed by atoms with Gasteiger partial charge in [-0.05, 0) is 44.6 Å². The number of ether oxygens (including phenoxy) is 1. The molecule has 3 atom stereocenters. The van der Waals surface area contributed by atoms with Gasteiger partial charge >= 0.3 is 5.97 Å². The molecule has 80 valence electrons. The summed E-state index contributed by atoms with van der Waals surface area (Å²) < 4.78 is 4.81. The summed E-state index contributed by atoms with van der Waals surface area (Å²) in [5, 5.41) is 3.55. The monoisotopic (exact) mass is 197 g/mol. The summed E-state index contributed by atoms with van der Waals surface area (Å²) in [6.45, 7) is 1.16. The van der Waals surface area contributed by atoms with Crippen molar-refractivity contribution in [3.63, 3.8) is 0 Å². The average molecular weight is 197 g/mol. The normalized spacial score (nSPS) is 37.4. The lowest BCUT2D eigenvalue weighted by molar-refractivity contribution is -0.147. The van der Waals surface area contributed by atoms with Gasteiger partial charge in [-0.2, -0.15) is 0 Å². The number of hydrogen-bond donors (Lipinski definition) is 1. The Morgan fingerprint density at radius 3 is 3.00 bits per heavy atom. The third kappa shape index (κ3) is 1.92. The van der Waals surface area contributed by atoms with E-state index in [1.807, 2.05) is 0 Å². The van der Waals surface area contributed by atoms with E-state index in [0.717, 1.165) is 25.8 Å². The lowest BCUT2D eigenvalue weighted by atomic mass is 9.74.